The SMILES string of the molecule is COC1(C(=O)O)CCN(C(=O)CCC(C)NC(=O)OCC2c3ccccc3-c3ccccc32)C1. The number of carboxylic acids is 1. The highest BCUT2D eigenvalue weighted by atomic mass is 16.5. The van der Waals surface area contributed by atoms with Crippen molar-refractivity contribution in [3.8, 4) is 11.1 Å². The third-order valence-corrected chi connectivity index (χ3v) is 6.86. The molecule has 1 heterocycles. The first-order valence-corrected chi connectivity index (χ1v) is 11.5. The summed E-state index contributed by atoms with van der Waals surface area (Å²) in [5.74, 6) is -1.22. The Kier molecular flexibility index (Phi) is 6.88. The summed E-state index contributed by atoms with van der Waals surface area (Å²) in [7, 11) is 1.35. The molecule has 34 heavy (non-hydrogen) atoms. The maximum absolute atomic E-state index is 12.5. The Balaban J connectivity index is 1.25. The minimum absolute atomic E-state index is 0.0134. The number of rotatable bonds is 8. The molecule has 8 nitrogen and oxygen atoms in total. The number of hydrogen-bond donors (Lipinski definition) is 2. The Labute approximate surface area is 198 Å². The zero-order valence-electron chi connectivity index (χ0n) is 19.5. The van der Waals surface area contributed by atoms with Crippen LogP contribution in [0.5, 0.6) is 0 Å². The van der Waals surface area contributed by atoms with Gasteiger partial charge in [-0.25, -0.2) is 9.59 Å². The highest BCUT2D eigenvalue weighted by Gasteiger charge is 2.46. The molecule has 2 unspecified atom stereocenters. The molecule has 4 rings (SSSR count). The molecule has 1 fully saturated rings. The standard InChI is InChI=1S/C26H30N2O6/c1-17(11-12-23(29)28-14-13-26(16-28,33-2)24(30)31)27-25(32)34-15-22-20-9-5-3-7-18(20)19-8-4-6-10-21(19)22/h3-10,17,22H,11-16H2,1-2H3,(H,27,32)(H,30,31). The molecule has 1 saturated heterocycles. The van der Waals surface area contributed by atoms with Crippen molar-refractivity contribution in [2.45, 2.75) is 43.7 Å². The molecule has 180 valence electrons. The van der Waals surface area contributed by atoms with Gasteiger partial charge in [-0.1, -0.05) is 48.5 Å². The fraction of sp³-hybridized carbons (Fsp3) is 0.423. The summed E-state index contributed by atoms with van der Waals surface area (Å²) in [6.45, 7) is 2.42. The van der Waals surface area contributed by atoms with E-state index in [0.29, 0.717) is 13.0 Å². The summed E-state index contributed by atoms with van der Waals surface area (Å²) >= 11 is 0. The Morgan fingerprint density at radius 2 is 1.74 bits per heavy atom. The number of amides is 2. The predicted molar refractivity (Wildman–Crippen MR) is 125 cm³/mol. The van der Waals surface area contributed by atoms with E-state index in [4.69, 9.17) is 9.47 Å². The monoisotopic (exact) mass is 466 g/mol. The second kappa shape index (κ2) is 9.85. The fourth-order valence-corrected chi connectivity index (χ4v) is 4.83. The number of hydrogen-bond acceptors (Lipinski definition) is 5. The van der Waals surface area contributed by atoms with E-state index in [-0.39, 0.29) is 43.9 Å². The topological polar surface area (TPSA) is 105 Å². The second-order valence-corrected chi connectivity index (χ2v) is 8.98. The van der Waals surface area contributed by atoms with Gasteiger partial charge in [0.1, 0.15) is 6.61 Å². The summed E-state index contributed by atoms with van der Waals surface area (Å²) < 4.78 is 10.7. The van der Waals surface area contributed by atoms with E-state index in [2.05, 4.69) is 29.6 Å². The first-order valence-electron chi connectivity index (χ1n) is 11.5. The molecular formula is C26H30N2O6. The summed E-state index contributed by atoms with van der Waals surface area (Å²) in [5, 5.41) is 12.2. The van der Waals surface area contributed by atoms with Crippen LogP contribution in [0, 0.1) is 0 Å². The second-order valence-electron chi connectivity index (χ2n) is 8.98. The van der Waals surface area contributed by atoms with Crippen LogP contribution in [-0.2, 0) is 19.1 Å². The van der Waals surface area contributed by atoms with Crippen LogP contribution < -0.4 is 5.32 Å². The quantitative estimate of drug-likeness (QED) is 0.618. The smallest absolute Gasteiger partial charge is 0.407 e. The zero-order chi connectivity index (χ0) is 24.3. The molecular weight excluding hydrogens is 436 g/mol. The van der Waals surface area contributed by atoms with Gasteiger partial charge in [-0.05, 0) is 35.6 Å². The van der Waals surface area contributed by atoms with Crippen LogP contribution in [0.1, 0.15) is 43.2 Å². The van der Waals surface area contributed by atoms with Crippen molar-refractivity contribution < 1.29 is 29.0 Å². The van der Waals surface area contributed by atoms with Crippen molar-refractivity contribution in [3.63, 3.8) is 0 Å². The van der Waals surface area contributed by atoms with Crippen LogP contribution in [0.3, 0.4) is 0 Å². The minimum Gasteiger partial charge on any atom is -0.479 e. The van der Waals surface area contributed by atoms with E-state index in [1.807, 2.05) is 31.2 Å². The van der Waals surface area contributed by atoms with Gasteiger partial charge in [0.05, 0.1) is 6.54 Å². The number of nitrogens with zero attached hydrogens (tertiary/aromatic N) is 1. The number of alkyl carbamates (subject to hydrolysis) is 1. The third-order valence-electron chi connectivity index (χ3n) is 6.86. The molecule has 0 aromatic heterocycles. The third kappa shape index (κ3) is 4.63. The fourth-order valence-electron chi connectivity index (χ4n) is 4.83. The predicted octanol–water partition coefficient (Wildman–Crippen LogP) is 3.40. The molecule has 2 aromatic carbocycles. The number of likely N-dealkylation sites (tertiary alicyclic amines) is 1. The maximum atomic E-state index is 12.5. The number of carbonyl (C=O) groups is 3. The summed E-state index contributed by atoms with van der Waals surface area (Å²) in [6.07, 6.45) is 0.363. The lowest BCUT2D eigenvalue weighted by atomic mass is 9.98. The molecule has 0 saturated carbocycles. The Morgan fingerprint density at radius 3 is 2.29 bits per heavy atom. The van der Waals surface area contributed by atoms with Crippen molar-refractivity contribution in [1.82, 2.24) is 10.2 Å². The van der Waals surface area contributed by atoms with Crippen molar-refractivity contribution >= 4 is 18.0 Å². The van der Waals surface area contributed by atoms with Crippen molar-refractivity contribution in [3.05, 3.63) is 59.7 Å². The molecule has 2 N–H and O–H groups in total. The van der Waals surface area contributed by atoms with Crippen LogP contribution in [0.25, 0.3) is 11.1 Å². The highest BCUT2D eigenvalue weighted by Crippen LogP contribution is 2.44. The molecule has 2 aromatic rings. The maximum Gasteiger partial charge on any atom is 0.407 e. The van der Waals surface area contributed by atoms with Gasteiger partial charge in [0.25, 0.3) is 0 Å². The largest absolute Gasteiger partial charge is 0.479 e. The molecule has 1 aliphatic heterocycles. The van der Waals surface area contributed by atoms with Crippen LogP contribution >= 0.6 is 0 Å². The van der Waals surface area contributed by atoms with E-state index in [1.54, 1.807) is 0 Å². The number of carbonyl (C=O) groups excluding carboxylic acids is 2. The van der Waals surface area contributed by atoms with E-state index in [0.717, 1.165) is 11.1 Å². The Morgan fingerprint density at radius 1 is 1.12 bits per heavy atom. The van der Waals surface area contributed by atoms with Gasteiger partial charge in [-0.3, -0.25) is 4.79 Å². The van der Waals surface area contributed by atoms with E-state index >= 15 is 0 Å². The van der Waals surface area contributed by atoms with Crippen molar-refractivity contribution in [1.29, 1.82) is 0 Å². The van der Waals surface area contributed by atoms with Gasteiger partial charge in [-0.2, -0.15) is 0 Å². The van der Waals surface area contributed by atoms with Gasteiger partial charge < -0.3 is 24.8 Å². The summed E-state index contributed by atoms with van der Waals surface area (Å²) in [4.78, 5) is 37.9. The van der Waals surface area contributed by atoms with Gasteiger partial charge in [0, 0.05) is 38.5 Å². The number of benzene rings is 2. The van der Waals surface area contributed by atoms with Crippen LogP contribution in [-0.4, -0.2) is 66.4 Å². The zero-order valence-corrected chi connectivity index (χ0v) is 19.5. The highest BCUT2D eigenvalue weighted by molar-refractivity contribution is 5.82. The molecule has 0 radical (unpaired) electrons. The van der Waals surface area contributed by atoms with Gasteiger partial charge in [0.15, 0.2) is 5.60 Å². The molecule has 0 bridgehead atoms. The number of fused-ring (bicyclic) bond motifs is 3. The summed E-state index contributed by atoms with van der Waals surface area (Å²) in [5.41, 5.74) is 3.30. The summed E-state index contributed by atoms with van der Waals surface area (Å²) in [6, 6.07) is 16.0. The Hall–Kier alpha value is -3.39. The number of aliphatic carboxylic acids is 1. The molecule has 2 amide bonds. The molecule has 1 aliphatic carbocycles. The number of nitrogens with one attached hydrogen (secondary N) is 1. The molecule has 0 spiro atoms. The lowest BCUT2D eigenvalue weighted by Gasteiger charge is -2.23. The van der Waals surface area contributed by atoms with Gasteiger partial charge in [-0.15, -0.1) is 0 Å². The van der Waals surface area contributed by atoms with Crippen molar-refractivity contribution in [2.24, 2.45) is 0 Å². The van der Waals surface area contributed by atoms with Gasteiger partial charge in [0.2, 0.25) is 5.91 Å². The number of carboxylic acid groups (broad SMARTS) is 1. The number of methoxy groups -OCH3 is 1. The van der Waals surface area contributed by atoms with Gasteiger partial charge >= 0.3 is 12.1 Å². The van der Waals surface area contributed by atoms with Crippen LogP contribution in [0.2, 0.25) is 0 Å². The van der Waals surface area contributed by atoms with Crippen LogP contribution in [0.4, 0.5) is 4.79 Å². The normalized spacial score (nSPS) is 19.9. The first-order chi connectivity index (χ1) is 16.3. The van der Waals surface area contributed by atoms with Crippen LogP contribution in [0.15, 0.2) is 48.5 Å². The lowest BCUT2D eigenvalue weighted by Crippen LogP contribution is -2.44. The van der Waals surface area contributed by atoms with Crippen molar-refractivity contribution in [2.75, 3.05) is 26.8 Å². The molecule has 2 atom stereocenters. The first kappa shape index (κ1) is 23.8. The lowest BCUT2D eigenvalue weighted by molar-refractivity contribution is -0.161. The Bertz CT molecular complexity index is 1040. The van der Waals surface area contributed by atoms with E-state index in [1.165, 1.54) is 23.1 Å². The minimum atomic E-state index is -1.33. The van der Waals surface area contributed by atoms with E-state index in [9.17, 15) is 19.5 Å². The van der Waals surface area contributed by atoms with E-state index < -0.39 is 17.7 Å². The number of ether oxygens (including phenoxy) is 2. The average Bonchev–Trinajstić information content (AvgIpc) is 3.42. The molecule has 2 aliphatic rings. The average molecular weight is 467 g/mol. The molecule has 8 heteroatoms.